The van der Waals surface area contributed by atoms with Gasteiger partial charge in [0, 0.05) is 12.7 Å². The minimum atomic E-state index is -4.20. The summed E-state index contributed by atoms with van der Waals surface area (Å²) in [7, 11) is -2.66. The maximum absolute atomic E-state index is 13.6. The van der Waals surface area contributed by atoms with E-state index in [-0.39, 0.29) is 28.6 Å². The molecular formula is C21H22FN5O6S. The van der Waals surface area contributed by atoms with Crippen LogP contribution in [-0.4, -0.2) is 47.0 Å². The van der Waals surface area contributed by atoms with Crippen molar-refractivity contribution >= 4 is 27.5 Å². The number of H-pyrrole nitrogens is 1. The van der Waals surface area contributed by atoms with Gasteiger partial charge in [-0.2, -0.15) is 5.10 Å². The van der Waals surface area contributed by atoms with Crippen molar-refractivity contribution in [3.8, 4) is 5.75 Å². The van der Waals surface area contributed by atoms with Crippen LogP contribution in [0.15, 0.2) is 52.2 Å². The number of ether oxygens (including phenoxy) is 1. The van der Waals surface area contributed by atoms with Gasteiger partial charge in [-0.1, -0.05) is 0 Å². The van der Waals surface area contributed by atoms with E-state index >= 15 is 0 Å². The Kier molecular flexibility index (Phi) is 5.59. The van der Waals surface area contributed by atoms with Crippen LogP contribution >= 0.6 is 0 Å². The van der Waals surface area contributed by atoms with Crippen molar-refractivity contribution in [1.29, 1.82) is 0 Å². The van der Waals surface area contributed by atoms with Gasteiger partial charge in [-0.25, -0.2) is 27.5 Å². The Morgan fingerprint density at radius 1 is 1.26 bits per heavy atom. The fraction of sp³-hybridized carbons (Fsp3) is 0.286. The number of amides is 1. The molecule has 13 heteroatoms. The van der Waals surface area contributed by atoms with E-state index in [1.54, 1.807) is 13.8 Å². The molecule has 1 aliphatic rings. The molecule has 0 saturated heterocycles. The third-order valence-electron chi connectivity index (χ3n) is 5.74. The molecule has 1 unspecified atom stereocenters. The third kappa shape index (κ3) is 3.98. The van der Waals surface area contributed by atoms with Crippen molar-refractivity contribution in [2.24, 2.45) is 7.05 Å². The molecule has 0 bridgehead atoms. The minimum Gasteiger partial charge on any atom is -0.485 e. The summed E-state index contributed by atoms with van der Waals surface area (Å²) < 4.78 is 49.2. The molecule has 3 aromatic rings. The first-order chi connectivity index (χ1) is 15.9. The number of aromatic amines is 1. The Bertz CT molecular complexity index is 1410. The van der Waals surface area contributed by atoms with Gasteiger partial charge in [0.15, 0.2) is 0 Å². The Hall–Kier alpha value is -3.87. The lowest BCUT2D eigenvalue weighted by Gasteiger charge is -2.41. The summed E-state index contributed by atoms with van der Waals surface area (Å²) in [6.45, 7) is 3.35. The zero-order valence-corrected chi connectivity index (χ0v) is 19.3. The third-order valence-corrected chi connectivity index (χ3v) is 7.54. The number of nitrogens with one attached hydrogen (secondary N) is 2. The molecule has 0 fully saturated rings. The molecule has 2 aromatic carbocycles. The van der Waals surface area contributed by atoms with Gasteiger partial charge in [0.25, 0.3) is 10.0 Å². The molecule has 0 spiro atoms. The highest BCUT2D eigenvalue weighted by Crippen LogP contribution is 2.42. The number of rotatable bonds is 5. The smallest absolute Gasteiger partial charge is 0.409 e. The van der Waals surface area contributed by atoms with E-state index in [4.69, 9.17) is 9.84 Å². The molecule has 1 aromatic heterocycles. The zero-order chi connectivity index (χ0) is 24.8. The number of benzene rings is 2. The molecule has 180 valence electrons. The van der Waals surface area contributed by atoms with Crippen molar-refractivity contribution in [2.45, 2.75) is 30.3 Å². The van der Waals surface area contributed by atoms with Crippen molar-refractivity contribution in [3.63, 3.8) is 0 Å². The lowest BCUT2D eigenvalue weighted by atomic mass is 9.84. The molecule has 3 N–H and O–H groups in total. The van der Waals surface area contributed by atoms with Gasteiger partial charge in [0.1, 0.15) is 23.5 Å². The highest BCUT2D eigenvalue weighted by atomic mass is 32.2. The number of halogens is 1. The van der Waals surface area contributed by atoms with Gasteiger partial charge in [0.2, 0.25) is 0 Å². The van der Waals surface area contributed by atoms with Gasteiger partial charge < -0.3 is 9.84 Å². The second-order valence-corrected chi connectivity index (χ2v) is 10.2. The number of hydrogen-bond donors (Lipinski definition) is 3. The van der Waals surface area contributed by atoms with E-state index in [0.29, 0.717) is 5.82 Å². The van der Waals surface area contributed by atoms with E-state index in [1.165, 1.54) is 29.8 Å². The van der Waals surface area contributed by atoms with Gasteiger partial charge in [0.05, 0.1) is 22.5 Å². The van der Waals surface area contributed by atoms with E-state index in [0.717, 1.165) is 28.6 Å². The van der Waals surface area contributed by atoms with Crippen LogP contribution in [0.5, 0.6) is 5.75 Å². The minimum absolute atomic E-state index is 0.110. The first kappa shape index (κ1) is 23.3. The van der Waals surface area contributed by atoms with Crippen LogP contribution in [0.4, 0.5) is 20.6 Å². The van der Waals surface area contributed by atoms with E-state index in [2.05, 4.69) is 15.5 Å². The number of sulfonamides is 1. The summed E-state index contributed by atoms with van der Waals surface area (Å²) in [5, 5.41) is 17.7. The second-order valence-electron chi connectivity index (χ2n) is 8.34. The number of hydrogen-bond acceptors (Lipinski definition) is 6. The quantitative estimate of drug-likeness (QED) is 0.496. The molecule has 0 aliphatic carbocycles. The maximum atomic E-state index is 13.6. The summed E-state index contributed by atoms with van der Waals surface area (Å²) >= 11 is 0. The van der Waals surface area contributed by atoms with Crippen LogP contribution in [0, 0.1) is 5.82 Å². The average Bonchev–Trinajstić information content (AvgIpc) is 3.11. The van der Waals surface area contributed by atoms with Crippen molar-refractivity contribution in [1.82, 2.24) is 14.8 Å². The number of carboxylic acid groups (broad SMARTS) is 1. The summed E-state index contributed by atoms with van der Waals surface area (Å²) in [6, 6.07) is 8.62. The number of fused-ring (bicyclic) bond motifs is 1. The van der Waals surface area contributed by atoms with Gasteiger partial charge >= 0.3 is 11.8 Å². The maximum Gasteiger partial charge on any atom is 0.409 e. The number of anilines is 2. The van der Waals surface area contributed by atoms with Crippen LogP contribution in [0.2, 0.25) is 0 Å². The lowest BCUT2D eigenvalue weighted by molar-refractivity contribution is 0.118. The molecular weight excluding hydrogens is 469 g/mol. The fourth-order valence-electron chi connectivity index (χ4n) is 3.86. The van der Waals surface area contributed by atoms with Crippen molar-refractivity contribution in [3.05, 3.63) is 64.6 Å². The Balaban J connectivity index is 1.84. The van der Waals surface area contributed by atoms with Gasteiger partial charge in [-0.3, -0.25) is 14.2 Å². The highest BCUT2D eigenvalue weighted by Gasteiger charge is 2.44. The van der Waals surface area contributed by atoms with Crippen LogP contribution in [0.3, 0.4) is 0 Å². The standard InChI is InChI=1S/C21H22FN5O6S/c1-21(2,18-24-25-19(28)26(18)3)17-11-27(34(31,32)14-7-4-12(22)5-8-14)15-10-13(23-20(29)30)6-9-16(15)33-17/h4-10,17,23H,11H2,1-3H3,(H,25,28)(H,29,30). The topological polar surface area (TPSA) is 147 Å². The molecule has 1 aliphatic heterocycles. The van der Waals surface area contributed by atoms with E-state index < -0.39 is 39.1 Å². The zero-order valence-electron chi connectivity index (χ0n) is 18.4. The van der Waals surface area contributed by atoms with E-state index in [9.17, 15) is 22.4 Å². The molecule has 34 heavy (non-hydrogen) atoms. The molecule has 11 nitrogen and oxygen atoms in total. The molecule has 1 atom stereocenters. The molecule has 0 radical (unpaired) electrons. The normalized spacial score (nSPS) is 16.0. The Labute approximate surface area is 193 Å². The van der Waals surface area contributed by atoms with Gasteiger partial charge in [-0.15, -0.1) is 0 Å². The lowest BCUT2D eigenvalue weighted by Crippen LogP contribution is -2.52. The van der Waals surface area contributed by atoms with Crippen molar-refractivity contribution in [2.75, 3.05) is 16.2 Å². The first-order valence-electron chi connectivity index (χ1n) is 10.1. The predicted molar refractivity (Wildman–Crippen MR) is 120 cm³/mol. The average molecular weight is 492 g/mol. The van der Waals surface area contributed by atoms with Gasteiger partial charge in [-0.05, 0) is 56.3 Å². The second kappa shape index (κ2) is 8.17. The highest BCUT2D eigenvalue weighted by molar-refractivity contribution is 7.92. The summed E-state index contributed by atoms with van der Waals surface area (Å²) in [5.41, 5.74) is -1.11. The SMILES string of the molecule is Cn1c(C(C)(C)C2CN(S(=O)(=O)c3ccc(F)cc3)c3cc(NC(=O)O)ccc3O2)n[nH]c1=O. The largest absolute Gasteiger partial charge is 0.485 e. The summed E-state index contributed by atoms with van der Waals surface area (Å²) in [6.07, 6.45) is -2.11. The van der Waals surface area contributed by atoms with Crippen LogP contribution in [0.25, 0.3) is 0 Å². The first-order valence-corrected chi connectivity index (χ1v) is 11.6. The Morgan fingerprint density at radius 3 is 2.53 bits per heavy atom. The molecule has 0 saturated carbocycles. The molecule has 4 rings (SSSR count). The molecule has 2 heterocycles. The summed E-state index contributed by atoms with van der Waals surface area (Å²) in [5.74, 6) is -0.0477. The van der Waals surface area contributed by atoms with E-state index in [1.807, 2.05) is 0 Å². The summed E-state index contributed by atoms with van der Waals surface area (Å²) in [4.78, 5) is 22.9. The fourth-order valence-corrected chi connectivity index (χ4v) is 5.32. The Morgan fingerprint density at radius 2 is 1.94 bits per heavy atom. The monoisotopic (exact) mass is 491 g/mol. The number of carbonyl (C=O) groups is 1. The number of nitrogens with zero attached hydrogens (tertiary/aromatic N) is 3. The van der Waals surface area contributed by atoms with Crippen LogP contribution in [-0.2, 0) is 22.5 Å². The van der Waals surface area contributed by atoms with Crippen LogP contribution < -0.4 is 20.0 Å². The van der Waals surface area contributed by atoms with Crippen molar-refractivity contribution < 1.29 is 27.4 Å². The van der Waals surface area contributed by atoms with Crippen LogP contribution in [0.1, 0.15) is 19.7 Å². The number of aromatic nitrogens is 3. The predicted octanol–water partition coefficient (Wildman–Crippen LogP) is 2.27. The molecule has 1 amide bonds.